The van der Waals surface area contributed by atoms with Crippen molar-refractivity contribution >= 4 is 52.2 Å². The Labute approximate surface area is 231 Å². The summed E-state index contributed by atoms with van der Waals surface area (Å²) in [7, 11) is 0. The maximum atomic E-state index is 5.03. The molecule has 35 heavy (non-hydrogen) atoms. The monoisotopic (exact) mass is 552 g/mol. The maximum absolute atomic E-state index is 5.03. The minimum atomic E-state index is -0.00116. The smallest absolute Gasteiger partial charge is 0.147 e. The molecule has 0 N–H and O–H groups in total. The van der Waals surface area contributed by atoms with E-state index in [1.807, 2.05) is 32.0 Å². The first-order valence-corrected chi connectivity index (χ1v) is 11.9. The SMILES string of the molecule is CC(=Nc1ccccc1C(C)(C)C)c1cc[c]([Fe])nc1C(C)=Nc1ccccc1C(C)(C)C.Cl.Cl. The molecule has 1 heterocycles. The van der Waals surface area contributed by atoms with Crippen molar-refractivity contribution in [2.24, 2.45) is 9.98 Å². The second kappa shape index (κ2) is 12.3. The summed E-state index contributed by atoms with van der Waals surface area (Å²) in [5, 5.41) is 0. The van der Waals surface area contributed by atoms with Crippen molar-refractivity contribution in [2.75, 3.05) is 0 Å². The predicted octanol–water partition coefficient (Wildman–Crippen LogP) is 7.97. The molecule has 1 aromatic heterocycles. The zero-order valence-corrected chi connectivity index (χ0v) is 24.5. The average molecular weight is 553 g/mol. The minimum Gasteiger partial charge on any atom is -0.147 e. The van der Waals surface area contributed by atoms with Gasteiger partial charge >= 0.3 is 208 Å². The van der Waals surface area contributed by atoms with E-state index in [2.05, 4.69) is 100 Å². The summed E-state index contributed by atoms with van der Waals surface area (Å²) in [6.45, 7) is 17.3. The van der Waals surface area contributed by atoms with Crippen molar-refractivity contribution in [3.63, 3.8) is 0 Å². The standard InChI is InChI=1S/C29H34N3.2ClH.Fe/c1-20(31-25-17-11-9-15-23(25)28(3,4)5)22-14-13-19-30-27(22)21(2)32-26-18-12-10-16-24(26)29(6,7)8;;;/h9-18H,1-8H3;2*1H;. The van der Waals surface area contributed by atoms with Crippen LogP contribution in [-0.4, -0.2) is 16.4 Å². The zero-order valence-electron chi connectivity index (χ0n) is 21.8. The van der Waals surface area contributed by atoms with Gasteiger partial charge < -0.3 is 0 Å². The van der Waals surface area contributed by atoms with Crippen LogP contribution in [0.1, 0.15) is 77.8 Å². The van der Waals surface area contributed by atoms with Crippen molar-refractivity contribution in [1.29, 1.82) is 0 Å². The van der Waals surface area contributed by atoms with Crippen molar-refractivity contribution in [3.05, 3.63) is 83.0 Å². The molecule has 0 radical (unpaired) electrons. The van der Waals surface area contributed by atoms with Gasteiger partial charge in [-0.25, -0.2) is 0 Å². The second-order valence-electron chi connectivity index (χ2n) is 10.4. The molecule has 3 aromatic rings. The normalized spacial score (nSPS) is 12.6. The van der Waals surface area contributed by atoms with Crippen LogP contribution in [0.5, 0.6) is 0 Å². The Bertz CT molecular complexity index is 1220. The number of rotatable bonds is 4. The molecule has 3 nitrogen and oxygen atoms in total. The minimum absolute atomic E-state index is 0. The summed E-state index contributed by atoms with van der Waals surface area (Å²) in [5.41, 5.74) is 7.95. The summed E-state index contributed by atoms with van der Waals surface area (Å²) < 4.78 is 0.718. The number of benzene rings is 2. The molecule has 189 valence electrons. The van der Waals surface area contributed by atoms with E-state index in [1.54, 1.807) is 0 Å². The predicted molar refractivity (Wildman–Crippen MR) is 152 cm³/mol. The van der Waals surface area contributed by atoms with Crippen molar-refractivity contribution < 1.29 is 16.0 Å². The van der Waals surface area contributed by atoms with Crippen LogP contribution in [0, 0.1) is 0 Å². The molecule has 0 atom stereocenters. The summed E-state index contributed by atoms with van der Waals surface area (Å²) in [5.74, 6) is 0. The van der Waals surface area contributed by atoms with Crippen LogP contribution >= 0.6 is 24.8 Å². The van der Waals surface area contributed by atoms with Crippen molar-refractivity contribution in [2.45, 2.75) is 66.2 Å². The summed E-state index contributed by atoms with van der Waals surface area (Å²) in [6, 6.07) is 20.6. The van der Waals surface area contributed by atoms with Crippen LogP contribution in [0.3, 0.4) is 0 Å². The van der Waals surface area contributed by atoms with Gasteiger partial charge in [-0.2, -0.15) is 0 Å². The fourth-order valence-electron chi connectivity index (χ4n) is 3.88. The topological polar surface area (TPSA) is 37.6 Å². The van der Waals surface area contributed by atoms with Gasteiger partial charge in [0, 0.05) is 0 Å². The average Bonchev–Trinajstić information content (AvgIpc) is 2.72. The first kappa shape index (κ1) is 31.1. The van der Waals surface area contributed by atoms with Gasteiger partial charge in [-0.05, 0) is 0 Å². The molecule has 3 rings (SSSR count). The molecule has 0 aliphatic rings. The summed E-state index contributed by atoms with van der Waals surface area (Å²) in [4.78, 5) is 14.8. The van der Waals surface area contributed by atoms with Gasteiger partial charge in [-0.1, -0.05) is 0 Å². The fourth-order valence-corrected chi connectivity index (χ4v) is 4.10. The molecule has 0 aliphatic heterocycles. The van der Waals surface area contributed by atoms with Gasteiger partial charge in [0.05, 0.1) is 0 Å². The van der Waals surface area contributed by atoms with E-state index in [0.29, 0.717) is 0 Å². The molecule has 0 saturated heterocycles. The van der Waals surface area contributed by atoms with Crippen LogP contribution in [0.25, 0.3) is 0 Å². The van der Waals surface area contributed by atoms with E-state index in [0.717, 1.165) is 38.6 Å². The molecular formula is C29H36Cl2FeN3. The third-order valence-electron chi connectivity index (χ3n) is 5.59. The van der Waals surface area contributed by atoms with Crippen molar-refractivity contribution in [1.82, 2.24) is 4.98 Å². The Morgan fingerprint density at radius 1 is 0.657 bits per heavy atom. The number of halogens is 2. The molecule has 6 heteroatoms. The third kappa shape index (κ3) is 7.75. The van der Waals surface area contributed by atoms with Gasteiger partial charge in [0.2, 0.25) is 0 Å². The van der Waals surface area contributed by atoms with Gasteiger partial charge in [-0.3, -0.25) is 0 Å². The molecule has 0 unspecified atom stereocenters. The number of para-hydroxylation sites is 2. The summed E-state index contributed by atoms with van der Waals surface area (Å²) in [6.07, 6.45) is 0. The Hall–Kier alpha value is -1.97. The van der Waals surface area contributed by atoms with E-state index >= 15 is 0 Å². The van der Waals surface area contributed by atoms with Gasteiger partial charge in [0.15, 0.2) is 0 Å². The Morgan fingerprint density at radius 3 is 1.54 bits per heavy atom. The Morgan fingerprint density at radius 2 is 1.09 bits per heavy atom. The number of hydrogen-bond donors (Lipinski definition) is 0. The number of aliphatic imine (C=N–C) groups is 2. The third-order valence-corrected chi connectivity index (χ3v) is 5.89. The van der Waals surface area contributed by atoms with Gasteiger partial charge in [0.25, 0.3) is 0 Å². The largest absolute Gasteiger partial charge is 0.147 e. The first-order valence-electron chi connectivity index (χ1n) is 11.3. The molecule has 2 aromatic carbocycles. The fraction of sp³-hybridized carbons (Fsp3) is 0.345. The second-order valence-corrected chi connectivity index (χ2v) is 11.0. The molecule has 0 spiro atoms. The number of pyridine rings is 1. The molecule has 0 fully saturated rings. The van der Waals surface area contributed by atoms with Gasteiger partial charge in [-0.15, -0.1) is 24.8 Å². The van der Waals surface area contributed by atoms with Crippen LogP contribution < -0.4 is 4.59 Å². The number of aromatic nitrogens is 1. The van der Waals surface area contributed by atoms with Crippen LogP contribution in [0.15, 0.2) is 70.6 Å². The molecule has 0 amide bonds. The van der Waals surface area contributed by atoms with Crippen LogP contribution in [0.2, 0.25) is 0 Å². The quantitative estimate of drug-likeness (QED) is 0.239. The van der Waals surface area contributed by atoms with E-state index in [9.17, 15) is 0 Å². The Kier molecular flexibility index (Phi) is 10.9. The molecule has 0 saturated carbocycles. The van der Waals surface area contributed by atoms with E-state index < -0.39 is 0 Å². The van der Waals surface area contributed by atoms with Crippen LogP contribution in [0.4, 0.5) is 11.4 Å². The van der Waals surface area contributed by atoms with Gasteiger partial charge in [0.1, 0.15) is 0 Å². The molecule has 0 bridgehead atoms. The zero-order chi connectivity index (χ0) is 24.4. The van der Waals surface area contributed by atoms with E-state index in [4.69, 9.17) is 15.0 Å². The van der Waals surface area contributed by atoms with E-state index in [1.165, 1.54) is 11.1 Å². The maximum Gasteiger partial charge on any atom is -0.147 e. The number of nitrogens with zero attached hydrogens (tertiary/aromatic N) is 3. The molecular weight excluding hydrogens is 517 g/mol. The summed E-state index contributed by atoms with van der Waals surface area (Å²) >= 11 is 4.05. The van der Waals surface area contributed by atoms with Crippen molar-refractivity contribution in [3.8, 4) is 0 Å². The van der Waals surface area contributed by atoms with E-state index in [-0.39, 0.29) is 35.6 Å². The van der Waals surface area contributed by atoms with Crippen LogP contribution in [-0.2, 0) is 26.8 Å². The Balaban J connectivity index is 0.00000306. The first-order chi connectivity index (χ1) is 15.4. The number of hydrogen-bond acceptors (Lipinski definition) is 3. The molecule has 0 aliphatic carbocycles.